The Morgan fingerprint density at radius 3 is 2.61 bits per heavy atom. The lowest BCUT2D eigenvalue weighted by Gasteiger charge is -2.04. The standard InChI is InChI=1S/C16H16ClN/c1-10(2)7-11-3-6-15-14(8-11)13-5-4-12(17)9-16(13)18-15/h3-6,8-10,18H,7H2,1-2H3. The summed E-state index contributed by atoms with van der Waals surface area (Å²) in [5.41, 5.74) is 3.69. The number of fused-ring (bicyclic) bond motifs is 3. The fourth-order valence-electron chi connectivity index (χ4n) is 2.52. The summed E-state index contributed by atoms with van der Waals surface area (Å²) in [6, 6.07) is 12.7. The molecule has 3 aromatic rings. The third-order valence-electron chi connectivity index (χ3n) is 3.27. The Labute approximate surface area is 112 Å². The molecule has 0 radical (unpaired) electrons. The molecule has 0 fully saturated rings. The highest BCUT2D eigenvalue weighted by atomic mass is 35.5. The molecule has 1 heterocycles. The van der Waals surface area contributed by atoms with Crippen LogP contribution < -0.4 is 0 Å². The molecular weight excluding hydrogens is 242 g/mol. The van der Waals surface area contributed by atoms with Crippen LogP contribution in [0.25, 0.3) is 21.8 Å². The van der Waals surface area contributed by atoms with Gasteiger partial charge in [-0.3, -0.25) is 0 Å². The van der Waals surface area contributed by atoms with Crippen molar-refractivity contribution in [1.82, 2.24) is 4.98 Å². The average molecular weight is 258 g/mol. The van der Waals surface area contributed by atoms with Crippen molar-refractivity contribution >= 4 is 33.4 Å². The molecule has 0 aliphatic carbocycles. The van der Waals surface area contributed by atoms with Gasteiger partial charge in [-0.15, -0.1) is 0 Å². The van der Waals surface area contributed by atoms with Gasteiger partial charge in [0.2, 0.25) is 0 Å². The fraction of sp³-hybridized carbons (Fsp3) is 0.250. The van der Waals surface area contributed by atoms with Crippen LogP contribution in [0.1, 0.15) is 19.4 Å². The zero-order chi connectivity index (χ0) is 12.7. The number of benzene rings is 2. The van der Waals surface area contributed by atoms with Crippen LogP contribution in [0.2, 0.25) is 5.02 Å². The molecule has 0 atom stereocenters. The zero-order valence-corrected chi connectivity index (χ0v) is 11.4. The van der Waals surface area contributed by atoms with Crippen molar-refractivity contribution in [3.8, 4) is 0 Å². The molecule has 2 aromatic carbocycles. The van der Waals surface area contributed by atoms with Crippen LogP contribution in [-0.2, 0) is 6.42 Å². The minimum absolute atomic E-state index is 0.683. The van der Waals surface area contributed by atoms with E-state index in [0.29, 0.717) is 5.92 Å². The van der Waals surface area contributed by atoms with E-state index < -0.39 is 0 Å². The first kappa shape index (κ1) is 11.6. The predicted octanol–water partition coefficient (Wildman–Crippen LogP) is 5.17. The van der Waals surface area contributed by atoms with E-state index in [2.05, 4.69) is 43.1 Å². The first-order chi connectivity index (χ1) is 8.63. The summed E-state index contributed by atoms with van der Waals surface area (Å²) in [4.78, 5) is 3.41. The number of nitrogens with one attached hydrogen (secondary N) is 1. The van der Waals surface area contributed by atoms with Gasteiger partial charge in [0.1, 0.15) is 0 Å². The highest BCUT2D eigenvalue weighted by Gasteiger charge is 2.06. The second-order valence-electron chi connectivity index (χ2n) is 5.29. The molecule has 18 heavy (non-hydrogen) atoms. The Bertz CT molecular complexity index is 710. The Kier molecular flexibility index (Phi) is 2.79. The molecule has 1 nitrogen and oxygen atoms in total. The fourth-order valence-corrected chi connectivity index (χ4v) is 2.69. The first-order valence-electron chi connectivity index (χ1n) is 6.33. The molecule has 0 unspecified atom stereocenters. The van der Waals surface area contributed by atoms with Crippen LogP contribution in [0.15, 0.2) is 36.4 Å². The molecule has 0 aliphatic heterocycles. The van der Waals surface area contributed by atoms with Crippen molar-refractivity contribution in [3.05, 3.63) is 47.0 Å². The lowest BCUT2D eigenvalue weighted by Crippen LogP contribution is -1.93. The van der Waals surface area contributed by atoms with Gasteiger partial charge in [-0.25, -0.2) is 0 Å². The second-order valence-corrected chi connectivity index (χ2v) is 5.73. The minimum atomic E-state index is 0.683. The number of aromatic amines is 1. The Hall–Kier alpha value is -1.47. The minimum Gasteiger partial charge on any atom is -0.354 e. The molecule has 3 rings (SSSR count). The second kappa shape index (κ2) is 4.33. The molecule has 92 valence electrons. The third kappa shape index (κ3) is 1.99. The van der Waals surface area contributed by atoms with Gasteiger partial charge in [-0.05, 0) is 42.2 Å². The first-order valence-corrected chi connectivity index (χ1v) is 6.71. The largest absolute Gasteiger partial charge is 0.354 e. The normalized spacial score (nSPS) is 11.8. The lowest BCUT2D eigenvalue weighted by atomic mass is 10.0. The molecule has 0 saturated heterocycles. The predicted molar refractivity (Wildman–Crippen MR) is 79.4 cm³/mol. The quantitative estimate of drug-likeness (QED) is 0.652. The van der Waals surface area contributed by atoms with Crippen molar-refractivity contribution in [2.45, 2.75) is 20.3 Å². The number of rotatable bonds is 2. The molecule has 0 bridgehead atoms. The lowest BCUT2D eigenvalue weighted by molar-refractivity contribution is 0.648. The molecular formula is C16H16ClN. The molecule has 0 amide bonds. The van der Waals surface area contributed by atoms with Crippen molar-refractivity contribution in [2.75, 3.05) is 0 Å². The SMILES string of the molecule is CC(C)Cc1ccc2[nH]c3cc(Cl)ccc3c2c1. The van der Waals surface area contributed by atoms with Gasteiger partial charge in [0.25, 0.3) is 0 Å². The zero-order valence-electron chi connectivity index (χ0n) is 10.6. The number of hydrogen-bond acceptors (Lipinski definition) is 0. The van der Waals surface area contributed by atoms with Gasteiger partial charge in [0.05, 0.1) is 0 Å². The van der Waals surface area contributed by atoms with E-state index in [4.69, 9.17) is 11.6 Å². The number of halogens is 1. The van der Waals surface area contributed by atoms with Gasteiger partial charge in [-0.2, -0.15) is 0 Å². The maximum atomic E-state index is 6.03. The van der Waals surface area contributed by atoms with Gasteiger partial charge < -0.3 is 4.98 Å². The van der Waals surface area contributed by atoms with Crippen LogP contribution in [0.3, 0.4) is 0 Å². The summed E-state index contributed by atoms with van der Waals surface area (Å²) in [5, 5.41) is 3.32. The average Bonchev–Trinajstić information content (AvgIpc) is 2.65. The topological polar surface area (TPSA) is 15.8 Å². The molecule has 0 aliphatic rings. The van der Waals surface area contributed by atoms with E-state index in [-0.39, 0.29) is 0 Å². The van der Waals surface area contributed by atoms with Gasteiger partial charge >= 0.3 is 0 Å². The molecule has 1 aromatic heterocycles. The number of aromatic nitrogens is 1. The third-order valence-corrected chi connectivity index (χ3v) is 3.50. The van der Waals surface area contributed by atoms with Crippen LogP contribution >= 0.6 is 11.6 Å². The number of H-pyrrole nitrogens is 1. The van der Waals surface area contributed by atoms with Crippen LogP contribution in [-0.4, -0.2) is 4.98 Å². The van der Waals surface area contributed by atoms with Crippen molar-refractivity contribution < 1.29 is 0 Å². The van der Waals surface area contributed by atoms with Gasteiger partial charge in [0, 0.05) is 26.8 Å². The van der Waals surface area contributed by atoms with Crippen LogP contribution in [0.5, 0.6) is 0 Å². The molecule has 0 saturated carbocycles. The van der Waals surface area contributed by atoms with E-state index >= 15 is 0 Å². The highest BCUT2D eigenvalue weighted by molar-refractivity contribution is 6.31. The summed E-state index contributed by atoms with van der Waals surface area (Å²) in [6.45, 7) is 4.50. The van der Waals surface area contributed by atoms with Crippen LogP contribution in [0, 0.1) is 5.92 Å². The highest BCUT2D eigenvalue weighted by Crippen LogP contribution is 2.28. The Morgan fingerprint density at radius 2 is 1.83 bits per heavy atom. The number of hydrogen-bond donors (Lipinski definition) is 1. The molecule has 0 spiro atoms. The van der Waals surface area contributed by atoms with Gasteiger partial charge in [0.15, 0.2) is 0 Å². The van der Waals surface area contributed by atoms with Crippen molar-refractivity contribution in [2.24, 2.45) is 5.92 Å². The van der Waals surface area contributed by atoms with E-state index in [0.717, 1.165) is 17.0 Å². The van der Waals surface area contributed by atoms with E-state index in [1.807, 2.05) is 12.1 Å². The maximum Gasteiger partial charge on any atom is 0.0479 e. The van der Waals surface area contributed by atoms with Crippen molar-refractivity contribution in [3.63, 3.8) is 0 Å². The molecule has 2 heteroatoms. The Balaban J connectivity index is 2.22. The molecule has 1 N–H and O–H groups in total. The monoisotopic (exact) mass is 257 g/mol. The van der Waals surface area contributed by atoms with Gasteiger partial charge in [-0.1, -0.05) is 37.6 Å². The Morgan fingerprint density at radius 1 is 1.00 bits per heavy atom. The summed E-state index contributed by atoms with van der Waals surface area (Å²) < 4.78 is 0. The van der Waals surface area contributed by atoms with Crippen molar-refractivity contribution in [1.29, 1.82) is 0 Å². The van der Waals surface area contributed by atoms with E-state index in [1.165, 1.54) is 21.9 Å². The van der Waals surface area contributed by atoms with Crippen LogP contribution in [0.4, 0.5) is 0 Å². The summed E-state index contributed by atoms with van der Waals surface area (Å²) in [5.74, 6) is 0.683. The summed E-state index contributed by atoms with van der Waals surface area (Å²) in [7, 11) is 0. The van der Waals surface area contributed by atoms with E-state index in [9.17, 15) is 0 Å². The summed E-state index contributed by atoms with van der Waals surface area (Å²) >= 11 is 6.03. The smallest absolute Gasteiger partial charge is 0.0479 e. The summed E-state index contributed by atoms with van der Waals surface area (Å²) in [6.07, 6.45) is 1.12. The van der Waals surface area contributed by atoms with E-state index in [1.54, 1.807) is 0 Å². The maximum absolute atomic E-state index is 6.03.